The highest BCUT2D eigenvalue weighted by molar-refractivity contribution is 5.95. The maximum absolute atomic E-state index is 12.4. The molecule has 1 aromatic heterocycles. The molecule has 1 heterocycles. The highest BCUT2D eigenvalue weighted by atomic mass is 16.6. The second kappa shape index (κ2) is 8.48. The number of nitrogens with zero attached hydrogens (tertiary/aromatic N) is 2. The average molecular weight is 373 g/mol. The van der Waals surface area contributed by atoms with Gasteiger partial charge in [0.1, 0.15) is 18.0 Å². The number of carbonyl (C=O) groups is 3. The van der Waals surface area contributed by atoms with Gasteiger partial charge in [0, 0.05) is 18.2 Å². The fourth-order valence-corrected chi connectivity index (χ4v) is 2.30. The minimum Gasteiger partial charge on any atom is -0.467 e. The Bertz CT molecular complexity index is 808. The normalized spacial score (nSPS) is 12.1. The highest BCUT2D eigenvalue weighted by Crippen LogP contribution is 2.09. The summed E-state index contributed by atoms with van der Waals surface area (Å²) in [4.78, 5) is 40.5. The predicted octanol–water partition coefficient (Wildman–Crippen LogP) is 2.18. The van der Waals surface area contributed by atoms with E-state index in [1.807, 2.05) is 6.07 Å². The fourth-order valence-electron chi connectivity index (χ4n) is 2.30. The molecule has 0 aliphatic carbocycles. The van der Waals surface area contributed by atoms with Crippen molar-refractivity contribution in [1.82, 2.24) is 14.9 Å². The molecule has 0 aliphatic heterocycles. The number of hydrogen-bond acceptors (Lipinski definition) is 6. The molecule has 0 fully saturated rings. The molecule has 1 amide bonds. The van der Waals surface area contributed by atoms with Crippen LogP contribution in [0, 0.1) is 0 Å². The van der Waals surface area contributed by atoms with Gasteiger partial charge in [-0.3, -0.25) is 9.36 Å². The van der Waals surface area contributed by atoms with E-state index in [0.29, 0.717) is 11.3 Å². The lowest BCUT2D eigenvalue weighted by atomic mass is 10.1. The van der Waals surface area contributed by atoms with E-state index in [-0.39, 0.29) is 12.3 Å². The van der Waals surface area contributed by atoms with E-state index in [2.05, 4.69) is 10.3 Å². The molecule has 2 aromatic rings. The first-order valence-corrected chi connectivity index (χ1v) is 8.39. The number of alkyl carbamates (subject to hydrolysis) is 1. The smallest absolute Gasteiger partial charge is 0.408 e. The monoisotopic (exact) mass is 373 g/mol. The summed E-state index contributed by atoms with van der Waals surface area (Å²) in [5.74, 6) is -0.881. The molecular weight excluding hydrogens is 350 g/mol. The Morgan fingerprint density at radius 1 is 1.19 bits per heavy atom. The second-order valence-corrected chi connectivity index (χ2v) is 6.87. The number of amides is 1. The summed E-state index contributed by atoms with van der Waals surface area (Å²) < 4.78 is 11.2. The number of hydrogen-bond donors (Lipinski definition) is 1. The molecule has 0 bridgehead atoms. The molecule has 0 saturated heterocycles. The summed E-state index contributed by atoms with van der Waals surface area (Å²) in [5, 5.41) is 2.47. The van der Waals surface area contributed by atoms with Crippen molar-refractivity contribution in [2.24, 2.45) is 0 Å². The number of aromatic nitrogens is 2. The van der Waals surface area contributed by atoms with Crippen LogP contribution >= 0.6 is 0 Å². The third-order valence-electron chi connectivity index (χ3n) is 3.48. The summed E-state index contributed by atoms with van der Waals surface area (Å²) in [6, 6.07) is 7.76. The quantitative estimate of drug-likeness (QED) is 0.807. The summed E-state index contributed by atoms with van der Waals surface area (Å²) >= 11 is 0. The van der Waals surface area contributed by atoms with E-state index in [1.165, 1.54) is 24.2 Å². The Morgan fingerprint density at radius 2 is 1.85 bits per heavy atom. The molecule has 2 rings (SSSR count). The predicted molar refractivity (Wildman–Crippen MR) is 97.3 cm³/mol. The SMILES string of the molecule is COC(=O)[C@H](Cc1cn(C(=O)c2ccccc2)cn1)NC(=O)OC(C)(C)C. The van der Waals surface area contributed by atoms with Gasteiger partial charge < -0.3 is 14.8 Å². The van der Waals surface area contributed by atoms with Crippen LogP contribution in [0.2, 0.25) is 0 Å². The largest absolute Gasteiger partial charge is 0.467 e. The zero-order valence-electron chi connectivity index (χ0n) is 15.8. The molecule has 1 aromatic carbocycles. The van der Waals surface area contributed by atoms with Gasteiger partial charge in [0.25, 0.3) is 5.91 Å². The number of ether oxygens (including phenoxy) is 2. The Hall–Kier alpha value is -3.16. The molecule has 8 nitrogen and oxygen atoms in total. The van der Waals surface area contributed by atoms with Crippen molar-refractivity contribution in [1.29, 1.82) is 0 Å². The van der Waals surface area contributed by atoms with E-state index in [0.717, 1.165) is 0 Å². The first kappa shape index (κ1) is 20.2. The summed E-state index contributed by atoms with van der Waals surface area (Å²) in [5.41, 5.74) is 0.262. The molecule has 0 saturated carbocycles. The molecule has 27 heavy (non-hydrogen) atoms. The number of rotatable bonds is 5. The number of nitrogens with one attached hydrogen (secondary N) is 1. The minimum atomic E-state index is -0.986. The molecule has 0 spiro atoms. The minimum absolute atomic E-state index is 0.0565. The van der Waals surface area contributed by atoms with Crippen molar-refractivity contribution in [3.8, 4) is 0 Å². The Balaban J connectivity index is 2.10. The molecule has 1 N–H and O–H groups in total. The van der Waals surface area contributed by atoms with E-state index >= 15 is 0 Å². The Morgan fingerprint density at radius 3 is 2.44 bits per heavy atom. The Labute approximate surface area is 157 Å². The average Bonchev–Trinajstić information content (AvgIpc) is 3.07. The number of methoxy groups -OCH3 is 1. The van der Waals surface area contributed by atoms with E-state index in [4.69, 9.17) is 9.47 Å². The van der Waals surface area contributed by atoms with Crippen LogP contribution in [0.1, 0.15) is 36.8 Å². The number of benzene rings is 1. The van der Waals surface area contributed by atoms with E-state index < -0.39 is 23.7 Å². The molecule has 8 heteroatoms. The molecule has 0 radical (unpaired) electrons. The Kier molecular flexibility index (Phi) is 6.33. The van der Waals surface area contributed by atoms with Crippen LogP contribution in [0.5, 0.6) is 0 Å². The van der Waals surface area contributed by atoms with Crippen molar-refractivity contribution >= 4 is 18.0 Å². The van der Waals surface area contributed by atoms with Crippen molar-refractivity contribution in [2.45, 2.75) is 38.8 Å². The van der Waals surface area contributed by atoms with Gasteiger partial charge in [-0.15, -0.1) is 0 Å². The van der Waals surface area contributed by atoms with Crippen LogP contribution in [-0.2, 0) is 20.7 Å². The van der Waals surface area contributed by atoms with Crippen LogP contribution in [-0.4, -0.2) is 46.3 Å². The lowest BCUT2D eigenvalue weighted by molar-refractivity contribution is -0.143. The van der Waals surface area contributed by atoms with Gasteiger partial charge in [0.05, 0.1) is 12.8 Å². The number of imidazole rings is 1. The van der Waals surface area contributed by atoms with Crippen LogP contribution in [0.3, 0.4) is 0 Å². The lowest BCUT2D eigenvalue weighted by Gasteiger charge is -2.22. The van der Waals surface area contributed by atoms with Gasteiger partial charge in [-0.1, -0.05) is 18.2 Å². The number of esters is 1. The lowest BCUT2D eigenvalue weighted by Crippen LogP contribution is -2.45. The van der Waals surface area contributed by atoms with Gasteiger partial charge in [-0.25, -0.2) is 14.6 Å². The molecular formula is C19H23N3O5. The zero-order valence-corrected chi connectivity index (χ0v) is 15.8. The zero-order chi connectivity index (χ0) is 20.0. The molecule has 144 valence electrons. The second-order valence-electron chi connectivity index (χ2n) is 6.87. The fraction of sp³-hybridized carbons (Fsp3) is 0.368. The summed E-state index contributed by atoms with van der Waals surface area (Å²) in [7, 11) is 1.23. The van der Waals surface area contributed by atoms with Gasteiger partial charge in [-0.2, -0.15) is 0 Å². The highest BCUT2D eigenvalue weighted by Gasteiger charge is 2.26. The third-order valence-corrected chi connectivity index (χ3v) is 3.48. The van der Waals surface area contributed by atoms with E-state index in [9.17, 15) is 14.4 Å². The summed E-state index contributed by atoms with van der Waals surface area (Å²) in [6.07, 6.45) is 2.20. The maximum Gasteiger partial charge on any atom is 0.408 e. The van der Waals surface area contributed by atoms with Crippen LogP contribution in [0.4, 0.5) is 4.79 Å². The maximum atomic E-state index is 12.4. The first-order valence-electron chi connectivity index (χ1n) is 8.39. The van der Waals surface area contributed by atoms with Gasteiger partial charge in [0.2, 0.25) is 0 Å². The molecule has 0 unspecified atom stereocenters. The number of carbonyl (C=O) groups excluding carboxylic acids is 3. The first-order chi connectivity index (χ1) is 12.7. The van der Waals surface area contributed by atoms with Gasteiger partial charge in [0.15, 0.2) is 0 Å². The third kappa shape index (κ3) is 5.95. The van der Waals surface area contributed by atoms with E-state index in [1.54, 1.807) is 45.0 Å². The summed E-state index contributed by atoms with van der Waals surface area (Å²) in [6.45, 7) is 5.16. The van der Waals surface area contributed by atoms with Crippen molar-refractivity contribution in [2.75, 3.05) is 7.11 Å². The standard InChI is InChI=1S/C19H23N3O5/c1-19(2,3)27-18(25)21-15(17(24)26-4)10-14-11-22(12-20-14)16(23)13-8-6-5-7-9-13/h5-9,11-12,15H,10H2,1-4H3,(H,21,25)/t15-/m0/s1. The van der Waals surface area contributed by atoms with Crippen molar-refractivity contribution < 1.29 is 23.9 Å². The van der Waals surface area contributed by atoms with Gasteiger partial charge >= 0.3 is 12.1 Å². The van der Waals surface area contributed by atoms with Crippen molar-refractivity contribution in [3.63, 3.8) is 0 Å². The van der Waals surface area contributed by atoms with Gasteiger partial charge in [-0.05, 0) is 32.9 Å². The molecule has 1 atom stereocenters. The van der Waals surface area contributed by atoms with Crippen LogP contribution in [0.15, 0.2) is 42.9 Å². The van der Waals surface area contributed by atoms with Crippen LogP contribution < -0.4 is 5.32 Å². The van der Waals surface area contributed by atoms with Crippen LogP contribution in [0.25, 0.3) is 0 Å². The topological polar surface area (TPSA) is 99.5 Å². The van der Waals surface area contributed by atoms with Crippen molar-refractivity contribution in [3.05, 3.63) is 54.1 Å². The molecule has 0 aliphatic rings.